The number of benzene rings is 1. The number of nitrogens with zero attached hydrogens (tertiary/aromatic N) is 1. The number of likely N-dealkylation sites (N-methyl/N-ethyl adjacent to an activating group) is 1. The standard InChI is InChI=1S/C18H21NO/c1-19-15-9-13-5-4-12(10-20)8-14(13)17-6-2-3-7-18(19,11-17)16(15)17/h4-5,8,10,15-16H,2-3,6-7,9,11H2,1H3/t15-,16+,17+,18?/m0/s1. The molecule has 5 rings (SSSR count). The quantitative estimate of drug-likeness (QED) is 0.729. The van der Waals surface area contributed by atoms with Crippen molar-refractivity contribution in [3.63, 3.8) is 0 Å². The number of piperidine rings is 1. The van der Waals surface area contributed by atoms with Gasteiger partial charge >= 0.3 is 0 Å². The molecule has 2 spiro atoms. The molecule has 2 nitrogen and oxygen atoms in total. The number of hydrogen-bond donors (Lipinski definition) is 0. The molecule has 1 aliphatic heterocycles. The molecule has 2 bridgehead atoms. The van der Waals surface area contributed by atoms with Gasteiger partial charge < -0.3 is 0 Å². The van der Waals surface area contributed by atoms with Gasteiger partial charge in [0, 0.05) is 28.5 Å². The van der Waals surface area contributed by atoms with Crippen molar-refractivity contribution < 1.29 is 4.79 Å². The smallest absolute Gasteiger partial charge is 0.150 e. The van der Waals surface area contributed by atoms with E-state index in [0.717, 1.165) is 23.8 Å². The Balaban J connectivity index is 1.72. The minimum Gasteiger partial charge on any atom is -0.298 e. The molecule has 1 aromatic carbocycles. The second kappa shape index (κ2) is 3.36. The maximum absolute atomic E-state index is 11.2. The molecule has 2 saturated carbocycles. The average Bonchev–Trinajstić information content (AvgIpc) is 2.76. The Kier molecular flexibility index (Phi) is 1.93. The lowest BCUT2D eigenvalue weighted by Gasteiger charge is -2.79. The zero-order valence-electron chi connectivity index (χ0n) is 12.1. The fourth-order valence-corrected chi connectivity index (χ4v) is 6.41. The van der Waals surface area contributed by atoms with Crippen LogP contribution in [0.5, 0.6) is 0 Å². The highest BCUT2D eigenvalue weighted by Gasteiger charge is 2.76. The molecule has 0 amide bonds. The summed E-state index contributed by atoms with van der Waals surface area (Å²) in [6.07, 6.45) is 9.04. The lowest BCUT2D eigenvalue weighted by Crippen LogP contribution is -2.86. The van der Waals surface area contributed by atoms with Gasteiger partial charge in [0.2, 0.25) is 0 Å². The van der Waals surface area contributed by atoms with Gasteiger partial charge in [-0.05, 0) is 49.9 Å². The number of aldehydes is 1. The van der Waals surface area contributed by atoms with Crippen molar-refractivity contribution in [3.8, 4) is 0 Å². The molecule has 0 aromatic heterocycles. The molecule has 4 atom stereocenters. The molecule has 4 aliphatic rings. The van der Waals surface area contributed by atoms with E-state index in [-0.39, 0.29) is 0 Å². The minimum absolute atomic E-state index is 0.417. The van der Waals surface area contributed by atoms with Crippen molar-refractivity contribution in [1.29, 1.82) is 0 Å². The van der Waals surface area contributed by atoms with Gasteiger partial charge in [-0.3, -0.25) is 9.69 Å². The normalized spacial score (nSPS) is 44.5. The lowest BCUT2D eigenvalue weighted by molar-refractivity contribution is -0.248. The number of carbonyl (C=O) groups excluding carboxylic acids is 1. The minimum atomic E-state index is 0.417. The summed E-state index contributed by atoms with van der Waals surface area (Å²) in [6, 6.07) is 7.20. The molecule has 2 heteroatoms. The zero-order valence-corrected chi connectivity index (χ0v) is 12.1. The van der Waals surface area contributed by atoms with E-state index in [1.807, 2.05) is 6.07 Å². The Morgan fingerprint density at radius 1 is 1.30 bits per heavy atom. The fourth-order valence-electron chi connectivity index (χ4n) is 6.41. The maximum atomic E-state index is 11.2. The van der Waals surface area contributed by atoms with E-state index in [2.05, 4.69) is 24.1 Å². The molecule has 3 aliphatic carbocycles. The van der Waals surface area contributed by atoms with Crippen LogP contribution in [0.4, 0.5) is 0 Å². The molecule has 104 valence electrons. The second-order valence-electron chi connectivity index (χ2n) is 7.54. The summed E-state index contributed by atoms with van der Waals surface area (Å²) >= 11 is 0. The first-order chi connectivity index (χ1) is 9.71. The summed E-state index contributed by atoms with van der Waals surface area (Å²) in [5.41, 5.74) is 4.86. The van der Waals surface area contributed by atoms with Gasteiger partial charge in [0.1, 0.15) is 6.29 Å². The van der Waals surface area contributed by atoms with Crippen molar-refractivity contribution >= 4 is 6.29 Å². The van der Waals surface area contributed by atoms with E-state index in [4.69, 9.17) is 0 Å². The van der Waals surface area contributed by atoms with E-state index < -0.39 is 0 Å². The van der Waals surface area contributed by atoms with Crippen LogP contribution in [0.15, 0.2) is 18.2 Å². The van der Waals surface area contributed by atoms with Crippen LogP contribution in [-0.2, 0) is 11.8 Å². The van der Waals surface area contributed by atoms with E-state index in [0.29, 0.717) is 11.0 Å². The van der Waals surface area contributed by atoms with Crippen LogP contribution in [-0.4, -0.2) is 29.8 Å². The van der Waals surface area contributed by atoms with Gasteiger partial charge in [-0.15, -0.1) is 0 Å². The number of hydrogen-bond acceptors (Lipinski definition) is 2. The molecule has 0 N–H and O–H groups in total. The second-order valence-corrected chi connectivity index (χ2v) is 7.54. The van der Waals surface area contributed by atoms with E-state index in [1.165, 1.54) is 49.7 Å². The van der Waals surface area contributed by atoms with E-state index in [9.17, 15) is 4.79 Å². The highest BCUT2D eigenvalue weighted by Crippen LogP contribution is 2.73. The van der Waals surface area contributed by atoms with Crippen molar-refractivity contribution in [3.05, 3.63) is 34.9 Å². The molecule has 20 heavy (non-hydrogen) atoms. The van der Waals surface area contributed by atoms with Crippen LogP contribution in [0.1, 0.15) is 53.6 Å². The monoisotopic (exact) mass is 267 g/mol. The molecule has 0 radical (unpaired) electrons. The summed E-state index contributed by atoms with van der Waals surface area (Å²) in [4.78, 5) is 13.8. The third kappa shape index (κ3) is 1.01. The Morgan fingerprint density at radius 2 is 2.15 bits per heavy atom. The van der Waals surface area contributed by atoms with Gasteiger partial charge in [0.25, 0.3) is 0 Å². The number of likely N-dealkylation sites (tertiary alicyclic amines) is 1. The highest BCUT2D eigenvalue weighted by molar-refractivity contribution is 5.76. The first kappa shape index (κ1) is 11.5. The van der Waals surface area contributed by atoms with Crippen LogP contribution in [0, 0.1) is 5.92 Å². The zero-order chi connectivity index (χ0) is 13.5. The molecule has 1 heterocycles. The first-order valence-corrected chi connectivity index (χ1v) is 8.03. The third-order valence-electron chi connectivity index (χ3n) is 7.10. The predicted molar refractivity (Wildman–Crippen MR) is 78.1 cm³/mol. The van der Waals surface area contributed by atoms with Crippen LogP contribution in [0.2, 0.25) is 0 Å². The topological polar surface area (TPSA) is 20.3 Å². The summed E-state index contributed by atoms with van der Waals surface area (Å²) in [7, 11) is 2.35. The largest absolute Gasteiger partial charge is 0.298 e. The van der Waals surface area contributed by atoms with Crippen LogP contribution < -0.4 is 0 Å². The molecule has 1 saturated heterocycles. The summed E-state index contributed by atoms with van der Waals surface area (Å²) < 4.78 is 0. The van der Waals surface area contributed by atoms with Gasteiger partial charge in [-0.1, -0.05) is 25.0 Å². The Hall–Kier alpha value is -1.15. The highest BCUT2D eigenvalue weighted by atomic mass is 16.1. The Bertz CT molecular complexity index is 624. The van der Waals surface area contributed by atoms with Crippen molar-refractivity contribution in [2.75, 3.05) is 7.05 Å². The number of rotatable bonds is 1. The van der Waals surface area contributed by atoms with E-state index >= 15 is 0 Å². The lowest BCUT2D eigenvalue weighted by atomic mass is 9.36. The van der Waals surface area contributed by atoms with Crippen molar-refractivity contribution in [2.24, 2.45) is 5.92 Å². The Labute approximate surface area is 120 Å². The fraction of sp³-hybridized carbons (Fsp3) is 0.611. The average molecular weight is 267 g/mol. The van der Waals surface area contributed by atoms with Gasteiger partial charge in [0.05, 0.1) is 0 Å². The maximum Gasteiger partial charge on any atom is 0.150 e. The SMILES string of the molecule is CN1[C@H]2Cc3ccc(C=O)cc3[C@@]34CCCCC1(C3)[C@H]24. The van der Waals surface area contributed by atoms with Crippen LogP contribution in [0.3, 0.4) is 0 Å². The van der Waals surface area contributed by atoms with Crippen molar-refractivity contribution in [1.82, 2.24) is 4.90 Å². The third-order valence-corrected chi connectivity index (χ3v) is 7.10. The molecule has 1 aromatic rings. The number of fused-ring (bicyclic) bond motifs is 1. The van der Waals surface area contributed by atoms with E-state index in [1.54, 1.807) is 0 Å². The summed E-state index contributed by atoms with van der Waals surface area (Å²) in [6.45, 7) is 0. The number of carbonyl (C=O) groups is 1. The molecular weight excluding hydrogens is 246 g/mol. The van der Waals surface area contributed by atoms with Crippen LogP contribution in [0.25, 0.3) is 0 Å². The summed E-state index contributed by atoms with van der Waals surface area (Å²) in [5, 5.41) is 0. The Morgan fingerprint density at radius 3 is 3.00 bits per heavy atom. The predicted octanol–water partition coefficient (Wildman–Crippen LogP) is 2.94. The van der Waals surface area contributed by atoms with Crippen LogP contribution >= 0.6 is 0 Å². The summed E-state index contributed by atoms with van der Waals surface area (Å²) in [5.74, 6) is 0.872. The van der Waals surface area contributed by atoms with Crippen molar-refractivity contribution in [2.45, 2.75) is 55.5 Å². The molecular formula is C18H21NO. The van der Waals surface area contributed by atoms with Gasteiger partial charge in [-0.2, -0.15) is 0 Å². The first-order valence-electron chi connectivity index (χ1n) is 8.03. The molecule has 3 fully saturated rings. The molecule has 1 unspecified atom stereocenters. The van der Waals surface area contributed by atoms with Gasteiger partial charge in [-0.25, -0.2) is 0 Å². The van der Waals surface area contributed by atoms with Gasteiger partial charge in [0.15, 0.2) is 0 Å².